The third-order valence-electron chi connectivity index (χ3n) is 2.81. The van der Waals surface area contributed by atoms with Crippen LogP contribution in [-0.2, 0) is 6.42 Å². The van der Waals surface area contributed by atoms with E-state index in [1.54, 1.807) is 23.1 Å². The molecule has 0 aliphatic heterocycles. The van der Waals surface area contributed by atoms with Crippen molar-refractivity contribution >= 4 is 28.9 Å². The maximum absolute atomic E-state index is 4.62. The number of aromatic nitrogens is 2. The summed E-state index contributed by atoms with van der Waals surface area (Å²) in [5.41, 5.74) is 2.26. The van der Waals surface area contributed by atoms with Crippen LogP contribution in [0, 0.1) is 6.92 Å². The molecule has 2 rings (SSSR count). The van der Waals surface area contributed by atoms with Gasteiger partial charge in [0.25, 0.3) is 0 Å². The molecule has 18 heavy (non-hydrogen) atoms. The topological polar surface area (TPSA) is 37.8 Å². The number of anilines is 1. The van der Waals surface area contributed by atoms with Gasteiger partial charge in [-0.1, -0.05) is 6.92 Å². The minimum atomic E-state index is 0.819. The number of hydrogen-bond donors (Lipinski definition) is 1. The lowest BCUT2D eigenvalue weighted by atomic mass is 10.1. The predicted octanol–water partition coefficient (Wildman–Crippen LogP) is 3.84. The Balaban J connectivity index is 2.48. The molecule has 5 heteroatoms. The molecule has 2 aromatic heterocycles. The van der Waals surface area contributed by atoms with E-state index in [2.05, 4.69) is 40.6 Å². The molecule has 0 fully saturated rings. The van der Waals surface area contributed by atoms with Crippen LogP contribution in [0.5, 0.6) is 0 Å². The third-order valence-corrected chi connectivity index (χ3v) is 4.97. The van der Waals surface area contributed by atoms with E-state index in [0.29, 0.717) is 0 Å². The molecule has 0 bridgehead atoms. The van der Waals surface area contributed by atoms with Crippen molar-refractivity contribution in [1.29, 1.82) is 0 Å². The lowest BCUT2D eigenvalue weighted by Gasteiger charge is -2.10. The molecule has 2 aromatic rings. The van der Waals surface area contributed by atoms with Crippen LogP contribution in [0.2, 0.25) is 0 Å². The molecule has 0 saturated heterocycles. The Labute approximate surface area is 116 Å². The average molecular weight is 279 g/mol. The smallest absolute Gasteiger partial charge is 0.171 e. The zero-order chi connectivity index (χ0) is 13.1. The number of nitrogens with zero attached hydrogens (tertiary/aromatic N) is 2. The number of rotatable bonds is 4. The largest absolute Gasteiger partial charge is 0.373 e. The van der Waals surface area contributed by atoms with Crippen LogP contribution < -0.4 is 5.32 Å². The van der Waals surface area contributed by atoms with Gasteiger partial charge in [0.15, 0.2) is 5.82 Å². The van der Waals surface area contributed by atoms with Gasteiger partial charge in [-0.2, -0.15) is 0 Å². The van der Waals surface area contributed by atoms with E-state index < -0.39 is 0 Å². The van der Waals surface area contributed by atoms with Gasteiger partial charge < -0.3 is 5.32 Å². The fourth-order valence-electron chi connectivity index (χ4n) is 1.89. The Morgan fingerprint density at radius 1 is 1.33 bits per heavy atom. The van der Waals surface area contributed by atoms with Crippen molar-refractivity contribution < 1.29 is 0 Å². The van der Waals surface area contributed by atoms with Crippen LogP contribution in [0.1, 0.15) is 18.2 Å². The first-order valence-corrected chi connectivity index (χ1v) is 7.93. The normalized spacial score (nSPS) is 10.7. The minimum Gasteiger partial charge on any atom is -0.373 e. The summed E-state index contributed by atoms with van der Waals surface area (Å²) in [6.07, 6.45) is 3.03. The van der Waals surface area contributed by atoms with E-state index in [-0.39, 0.29) is 0 Å². The standard InChI is InChI=1S/C13H17N3S2/c1-5-9-8(2)15-13(16-12(9)14-3)10-6-7-11(17-4)18-10/h6-7H,5H2,1-4H3,(H,14,15,16). The molecule has 0 unspecified atom stereocenters. The van der Waals surface area contributed by atoms with Crippen molar-refractivity contribution in [2.24, 2.45) is 0 Å². The molecule has 2 heterocycles. The van der Waals surface area contributed by atoms with Gasteiger partial charge in [0.2, 0.25) is 0 Å². The number of nitrogens with one attached hydrogen (secondary N) is 1. The molecule has 0 spiro atoms. The highest BCUT2D eigenvalue weighted by molar-refractivity contribution is 8.00. The van der Waals surface area contributed by atoms with E-state index in [4.69, 9.17) is 0 Å². The van der Waals surface area contributed by atoms with Crippen molar-refractivity contribution in [2.45, 2.75) is 24.5 Å². The lowest BCUT2D eigenvalue weighted by Crippen LogP contribution is -2.04. The third kappa shape index (κ3) is 2.52. The van der Waals surface area contributed by atoms with Crippen molar-refractivity contribution in [3.63, 3.8) is 0 Å². The van der Waals surface area contributed by atoms with Gasteiger partial charge in [-0.05, 0) is 31.7 Å². The van der Waals surface area contributed by atoms with Crippen LogP contribution in [0.15, 0.2) is 16.3 Å². The van der Waals surface area contributed by atoms with Crippen LogP contribution in [0.25, 0.3) is 10.7 Å². The zero-order valence-electron chi connectivity index (χ0n) is 11.1. The van der Waals surface area contributed by atoms with Crippen molar-refractivity contribution in [2.75, 3.05) is 18.6 Å². The molecule has 0 radical (unpaired) electrons. The Kier molecular flexibility index (Phi) is 4.24. The fourth-order valence-corrected chi connectivity index (χ4v) is 3.36. The number of aryl methyl sites for hydroxylation is 1. The van der Waals surface area contributed by atoms with Gasteiger partial charge in [0.1, 0.15) is 5.82 Å². The van der Waals surface area contributed by atoms with E-state index >= 15 is 0 Å². The van der Waals surface area contributed by atoms with Gasteiger partial charge in [-0.25, -0.2) is 9.97 Å². The lowest BCUT2D eigenvalue weighted by molar-refractivity contribution is 1.00. The second kappa shape index (κ2) is 5.71. The summed E-state index contributed by atoms with van der Waals surface area (Å²) < 4.78 is 1.29. The van der Waals surface area contributed by atoms with E-state index in [9.17, 15) is 0 Å². The highest BCUT2D eigenvalue weighted by Crippen LogP contribution is 2.32. The van der Waals surface area contributed by atoms with E-state index in [0.717, 1.165) is 28.6 Å². The van der Waals surface area contributed by atoms with Crippen LogP contribution >= 0.6 is 23.1 Å². The number of thiophene rings is 1. The van der Waals surface area contributed by atoms with Gasteiger partial charge in [-0.15, -0.1) is 23.1 Å². The summed E-state index contributed by atoms with van der Waals surface area (Å²) in [7, 11) is 1.91. The van der Waals surface area contributed by atoms with Gasteiger partial charge in [0, 0.05) is 18.3 Å². The molecule has 1 N–H and O–H groups in total. The summed E-state index contributed by atoms with van der Waals surface area (Å²) >= 11 is 3.49. The second-order valence-electron chi connectivity index (χ2n) is 3.89. The maximum Gasteiger partial charge on any atom is 0.171 e. The SMILES string of the molecule is CCc1c(C)nc(-c2ccc(SC)s2)nc1NC. The molecule has 0 atom stereocenters. The Morgan fingerprint density at radius 3 is 2.67 bits per heavy atom. The van der Waals surface area contributed by atoms with Crippen molar-refractivity contribution in [3.8, 4) is 10.7 Å². The Hall–Kier alpha value is -1.07. The minimum absolute atomic E-state index is 0.819. The summed E-state index contributed by atoms with van der Waals surface area (Å²) in [4.78, 5) is 10.4. The summed E-state index contributed by atoms with van der Waals surface area (Å²) in [6.45, 7) is 4.18. The summed E-state index contributed by atoms with van der Waals surface area (Å²) in [5, 5.41) is 3.17. The van der Waals surface area contributed by atoms with Gasteiger partial charge in [-0.3, -0.25) is 0 Å². The van der Waals surface area contributed by atoms with Crippen molar-refractivity contribution in [1.82, 2.24) is 9.97 Å². The monoisotopic (exact) mass is 279 g/mol. The number of thioether (sulfide) groups is 1. The molecule has 0 amide bonds. The summed E-state index contributed by atoms with van der Waals surface area (Å²) in [6, 6.07) is 4.21. The van der Waals surface area contributed by atoms with Crippen LogP contribution in [0.4, 0.5) is 5.82 Å². The van der Waals surface area contributed by atoms with E-state index in [1.165, 1.54) is 9.77 Å². The van der Waals surface area contributed by atoms with Gasteiger partial charge in [0.05, 0.1) is 9.09 Å². The number of hydrogen-bond acceptors (Lipinski definition) is 5. The van der Waals surface area contributed by atoms with Crippen molar-refractivity contribution in [3.05, 3.63) is 23.4 Å². The van der Waals surface area contributed by atoms with E-state index in [1.807, 2.05) is 14.0 Å². The highest BCUT2D eigenvalue weighted by Gasteiger charge is 2.12. The molecule has 0 aliphatic rings. The molecule has 0 aliphatic carbocycles. The highest BCUT2D eigenvalue weighted by atomic mass is 32.2. The first-order chi connectivity index (χ1) is 8.69. The predicted molar refractivity (Wildman–Crippen MR) is 80.8 cm³/mol. The fraction of sp³-hybridized carbons (Fsp3) is 0.385. The van der Waals surface area contributed by atoms with Gasteiger partial charge >= 0.3 is 0 Å². The second-order valence-corrected chi connectivity index (χ2v) is 6.08. The zero-order valence-corrected chi connectivity index (χ0v) is 12.7. The molecular weight excluding hydrogens is 262 g/mol. The quantitative estimate of drug-likeness (QED) is 0.863. The molecule has 0 aromatic carbocycles. The van der Waals surface area contributed by atoms with Crippen LogP contribution in [0.3, 0.4) is 0 Å². The first-order valence-electron chi connectivity index (χ1n) is 5.89. The molecule has 96 valence electrons. The van der Waals surface area contributed by atoms with Crippen LogP contribution in [-0.4, -0.2) is 23.3 Å². The Bertz CT molecular complexity index is 549. The molecule has 0 saturated carbocycles. The Morgan fingerprint density at radius 2 is 2.11 bits per heavy atom. The average Bonchev–Trinajstić information content (AvgIpc) is 2.86. The molecular formula is C13H17N3S2. The molecule has 3 nitrogen and oxygen atoms in total. The summed E-state index contributed by atoms with van der Waals surface area (Å²) in [5.74, 6) is 1.76. The first kappa shape index (κ1) is 13.4. The maximum atomic E-state index is 4.62.